The molecular weight excluding hydrogens is 254 g/mol. The Balaban J connectivity index is 0.00000133. The monoisotopic (exact) mass is 269 g/mol. The van der Waals surface area contributed by atoms with Gasteiger partial charge in [-0.15, -0.1) is 0 Å². The summed E-state index contributed by atoms with van der Waals surface area (Å²) in [6.07, 6.45) is 2.23. The predicted molar refractivity (Wildman–Crippen MR) is 74.4 cm³/mol. The molecule has 19 heavy (non-hydrogen) atoms. The van der Waals surface area contributed by atoms with Crippen LogP contribution in [0.2, 0.25) is 0 Å². The summed E-state index contributed by atoms with van der Waals surface area (Å²) >= 11 is 0. The number of aryl methyl sites for hydroxylation is 1. The maximum atomic E-state index is 2.30. The Kier molecular flexibility index (Phi) is 4.18. The second-order valence-electron chi connectivity index (χ2n) is 4.66. The average Bonchev–Trinajstić information content (AvgIpc) is 2.41. The van der Waals surface area contributed by atoms with Crippen molar-refractivity contribution in [3.63, 3.8) is 0 Å². The van der Waals surface area contributed by atoms with Gasteiger partial charge in [-0.05, 0) is 11.5 Å². The highest BCUT2D eigenvalue weighted by molar-refractivity contribution is 5.80. The summed E-state index contributed by atoms with van der Waals surface area (Å²) in [5.74, 6) is 0. The van der Waals surface area contributed by atoms with Crippen molar-refractivity contribution in [1.82, 2.24) is 0 Å². The number of rotatable bonds is 2. The summed E-state index contributed by atoms with van der Waals surface area (Å²) in [4.78, 5) is 0. The summed E-state index contributed by atoms with van der Waals surface area (Å²) in [5, 5.41) is 2.60. The normalized spacial score (nSPS) is 10.2. The molecule has 0 aliphatic rings. The molecule has 96 valence electrons. The van der Waals surface area contributed by atoms with Crippen LogP contribution in [0, 0.1) is 6.92 Å². The summed E-state index contributed by atoms with van der Waals surface area (Å²) in [6, 6.07) is 21.3. The second kappa shape index (κ2) is 5.85. The third kappa shape index (κ3) is 2.94. The van der Waals surface area contributed by atoms with E-state index in [0.29, 0.717) is 0 Å². The molecule has 0 radical (unpaired) electrons. The molecule has 0 unspecified atom stereocenters. The highest BCUT2D eigenvalue weighted by atomic mass is 35.5. The van der Waals surface area contributed by atoms with Crippen LogP contribution in [0.4, 0.5) is 0 Å². The zero-order valence-corrected chi connectivity index (χ0v) is 11.6. The summed E-state index contributed by atoms with van der Waals surface area (Å²) in [5.41, 5.74) is 2.62. The number of aromatic nitrogens is 1. The van der Waals surface area contributed by atoms with Crippen LogP contribution in [0.15, 0.2) is 66.9 Å². The first-order chi connectivity index (χ1) is 8.83. The zero-order valence-electron chi connectivity index (χ0n) is 10.9. The minimum atomic E-state index is 0. The fourth-order valence-corrected chi connectivity index (χ4v) is 2.29. The molecule has 3 rings (SSSR count). The number of fused-ring (bicyclic) bond motifs is 1. The van der Waals surface area contributed by atoms with Gasteiger partial charge in [0.15, 0.2) is 18.4 Å². The Morgan fingerprint density at radius 2 is 1.47 bits per heavy atom. The van der Waals surface area contributed by atoms with Crippen molar-refractivity contribution < 1.29 is 17.0 Å². The first kappa shape index (κ1) is 13.6. The van der Waals surface area contributed by atoms with Crippen LogP contribution in [0.25, 0.3) is 10.8 Å². The molecule has 0 bridgehead atoms. The SMILES string of the molecule is Cc1cc2ccccc2c[n+]1Cc1ccccc1.[Cl-]. The highest BCUT2D eigenvalue weighted by Gasteiger charge is 2.08. The van der Waals surface area contributed by atoms with E-state index in [1.54, 1.807) is 0 Å². The van der Waals surface area contributed by atoms with Crippen molar-refractivity contribution in [2.75, 3.05) is 0 Å². The summed E-state index contributed by atoms with van der Waals surface area (Å²) in [6.45, 7) is 3.09. The fraction of sp³-hybridized carbons (Fsp3) is 0.118. The van der Waals surface area contributed by atoms with E-state index in [2.05, 4.69) is 78.4 Å². The van der Waals surface area contributed by atoms with Crippen LogP contribution in [0.5, 0.6) is 0 Å². The first-order valence-corrected chi connectivity index (χ1v) is 6.26. The van der Waals surface area contributed by atoms with Crippen LogP contribution in [0.3, 0.4) is 0 Å². The van der Waals surface area contributed by atoms with Crippen molar-refractivity contribution in [3.05, 3.63) is 78.1 Å². The van der Waals surface area contributed by atoms with Gasteiger partial charge >= 0.3 is 0 Å². The number of hydrogen-bond acceptors (Lipinski definition) is 0. The quantitative estimate of drug-likeness (QED) is 0.596. The summed E-state index contributed by atoms with van der Waals surface area (Å²) in [7, 11) is 0. The van der Waals surface area contributed by atoms with Crippen LogP contribution < -0.4 is 17.0 Å². The van der Waals surface area contributed by atoms with Crippen molar-refractivity contribution in [2.45, 2.75) is 13.5 Å². The van der Waals surface area contributed by atoms with Gasteiger partial charge in [0.25, 0.3) is 0 Å². The van der Waals surface area contributed by atoms with Gasteiger partial charge in [-0.25, -0.2) is 0 Å². The largest absolute Gasteiger partial charge is 1.00 e. The molecule has 1 heterocycles. The number of benzene rings is 2. The Labute approximate surface area is 119 Å². The van der Waals surface area contributed by atoms with Gasteiger partial charge in [0.2, 0.25) is 0 Å². The van der Waals surface area contributed by atoms with E-state index >= 15 is 0 Å². The van der Waals surface area contributed by atoms with Gasteiger partial charge in [0.1, 0.15) is 0 Å². The fourth-order valence-electron chi connectivity index (χ4n) is 2.29. The lowest BCUT2D eigenvalue weighted by atomic mass is 10.1. The molecular formula is C17H16ClN. The lowest BCUT2D eigenvalue weighted by Crippen LogP contribution is -3.00. The van der Waals surface area contributed by atoms with Gasteiger partial charge in [0.05, 0.1) is 0 Å². The number of hydrogen-bond donors (Lipinski definition) is 0. The Morgan fingerprint density at radius 3 is 2.21 bits per heavy atom. The molecule has 0 aliphatic heterocycles. The molecule has 0 aliphatic carbocycles. The molecule has 0 fully saturated rings. The maximum absolute atomic E-state index is 2.30. The van der Waals surface area contributed by atoms with Crippen LogP contribution in [-0.2, 0) is 6.54 Å². The first-order valence-electron chi connectivity index (χ1n) is 6.26. The molecule has 0 N–H and O–H groups in total. The Hall–Kier alpha value is -1.86. The highest BCUT2D eigenvalue weighted by Crippen LogP contribution is 2.12. The van der Waals surface area contributed by atoms with Gasteiger partial charge < -0.3 is 12.4 Å². The lowest BCUT2D eigenvalue weighted by molar-refractivity contribution is -0.693. The molecule has 3 aromatic rings. The molecule has 1 nitrogen and oxygen atoms in total. The zero-order chi connectivity index (χ0) is 12.4. The van der Waals surface area contributed by atoms with E-state index in [1.807, 2.05) is 0 Å². The smallest absolute Gasteiger partial charge is 0.179 e. The van der Waals surface area contributed by atoms with Gasteiger partial charge in [-0.2, -0.15) is 4.57 Å². The van der Waals surface area contributed by atoms with E-state index in [1.165, 1.54) is 22.0 Å². The predicted octanol–water partition coefficient (Wildman–Crippen LogP) is 0.488. The lowest BCUT2D eigenvalue weighted by Gasteiger charge is -2.03. The molecule has 0 saturated carbocycles. The van der Waals surface area contributed by atoms with Gasteiger partial charge in [-0.1, -0.05) is 48.5 Å². The van der Waals surface area contributed by atoms with E-state index in [-0.39, 0.29) is 12.4 Å². The third-order valence-corrected chi connectivity index (χ3v) is 3.30. The van der Waals surface area contributed by atoms with E-state index in [4.69, 9.17) is 0 Å². The van der Waals surface area contributed by atoms with E-state index in [0.717, 1.165) is 6.54 Å². The molecule has 0 atom stereocenters. The van der Waals surface area contributed by atoms with E-state index in [9.17, 15) is 0 Å². The molecule has 2 heteroatoms. The molecule has 0 saturated heterocycles. The third-order valence-electron chi connectivity index (χ3n) is 3.30. The Bertz CT molecular complexity index is 677. The van der Waals surface area contributed by atoms with E-state index < -0.39 is 0 Å². The van der Waals surface area contributed by atoms with Crippen molar-refractivity contribution >= 4 is 10.8 Å². The standard InChI is InChI=1S/C17H16N.ClH/c1-14-11-16-9-5-6-10-17(16)13-18(14)12-15-7-3-2-4-8-15;/h2-11,13H,12H2,1H3;1H/q+1;/p-1. The molecule has 0 spiro atoms. The number of nitrogens with zero attached hydrogens (tertiary/aromatic N) is 1. The van der Waals surface area contributed by atoms with Crippen LogP contribution in [0.1, 0.15) is 11.3 Å². The molecule has 2 aromatic carbocycles. The Morgan fingerprint density at radius 1 is 0.842 bits per heavy atom. The average molecular weight is 270 g/mol. The van der Waals surface area contributed by atoms with Crippen molar-refractivity contribution in [3.8, 4) is 0 Å². The van der Waals surface area contributed by atoms with Crippen molar-refractivity contribution in [1.29, 1.82) is 0 Å². The number of pyridine rings is 1. The van der Waals surface area contributed by atoms with Crippen LogP contribution in [-0.4, -0.2) is 0 Å². The second-order valence-corrected chi connectivity index (χ2v) is 4.66. The van der Waals surface area contributed by atoms with Gasteiger partial charge in [0, 0.05) is 23.9 Å². The number of halogens is 1. The van der Waals surface area contributed by atoms with Gasteiger partial charge in [-0.3, -0.25) is 0 Å². The minimum Gasteiger partial charge on any atom is -1.00 e. The molecule has 1 aromatic heterocycles. The maximum Gasteiger partial charge on any atom is 0.179 e. The van der Waals surface area contributed by atoms with Crippen molar-refractivity contribution in [2.24, 2.45) is 0 Å². The molecule has 0 amide bonds. The van der Waals surface area contributed by atoms with Crippen LogP contribution >= 0.6 is 0 Å². The summed E-state index contributed by atoms with van der Waals surface area (Å²) < 4.78 is 2.30. The topological polar surface area (TPSA) is 3.88 Å². The minimum absolute atomic E-state index is 0.